The number of Topliss-reactive ketones (excluding diaryl/α,β-unsaturated/α-hetero) is 1. The van der Waals surface area contributed by atoms with E-state index >= 15 is 0 Å². The van der Waals surface area contributed by atoms with Gasteiger partial charge in [0.2, 0.25) is 10.0 Å². The fourth-order valence-electron chi connectivity index (χ4n) is 4.39. The molecule has 3 aromatic rings. The van der Waals surface area contributed by atoms with Gasteiger partial charge in [0.05, 0.1) is 21.7 Å². The Morgan fingerprint density at radius 3 is 2.50 bits per heavy atom. The number of ketones is 1. The molecule has 1 fully saturated rings. The summed E-state index contributed by atoms with van der Waals surface area (Å²) < 4.78 is 26.0. The highest BCUT2D eigenvalue weighted by molar-refractivity contribution is 7.89. The average Bonchev–Trinajstić information content (AvgIpc) is 3.45. The summed E-state index contributed by atoms with van der Waals surface area (Å²) in [6, 6.07) is 5.66. The summed E-state index contributed by atoms with van der Waals surface area (Å²) in [4.78, 5) is 28.2. The Bertz CT molecular complexity index is 1280. The van der Waals surface area contributed by atoms with E-state index in [1.165, 1.54) is 11.3 Å². The largest absolute Gasteiger partial charge is 0.366 e. The van der Waals surface area contributed by atoms with Gasteiger partial charge in [0.1, 0.15) is 0 Å². The first kappa shape index (κ1) is 22.7. The summed E-state index contributed by atoms with van der Waals surface area (Å²) in [5.74, 6) is -0.135. The van der Waals surface area contributed by atoms with Gasteiger partial charge in [0.15, 0.2) is 5.78 Å². The number of thiophene rings is 1. The van der Waals surface area contributed by atoms with E-state index in [0.717, 1.165) is 34.9 Å². The molecule has 0 spiro atoms. The van der Waals surface area contributed by atoms with Gasteiger partial charge >= 0.3 is 0 Å². The van der Waals surface area contributed by atoms with Gasteiger partial charge in [-0.05, 0) is 66.0 Å². The Hall–Kier alpha value is -2.49. The molecule has 0 saturated carbocycles. The zero-order valence-corrected chi connectivity index (χ0v) is 19.8. The first-order valence-electron chi connectivity index (χ1n) is 10.8. The van der Waals surface area contributed by atoms with Gasteiger partial charge in [0.25, 0.3) is 5.91 Å². The number of aromatic nitrogens is 1. The van der Waals surface area contributed by atoms with Crippen molar-refractivity contribution >= 4 is 44.0 Å². The number of nitrogens with zero attached hydrogens (tertiary/aromatic N) is 1. The molecule has 1 amide bonds. The van der Waals surface area contributed by atoms with Crippen LogP contribution in [0.3, 0.4) is 0 Å². The van der Waals surface area contributed by atoms with Crippen LogP contribution in [-0.2, 0) is 10.0 Å². The molecule has 0 radical (unpaired) electrons. The maximum absolute atomic E-state index is 12.2. The lowest BCUT2D eigenvalue weighted by Crippen LogP contribution is -2.38. The van der Waals surface area contributed by atoms with Gasteiger partial charge in [-0.2, -0.15) is 0 Å². The van der Waals surface area contributed by atoms with Crippen LogP contribution in [0.25, 0.3) is 22.0 Å². The minimum absolute atomic E-state index is 0.0913. The van der Waals surface area contributed by atoms with Crippen molar-refractivity contribution in [3.05, 3.63) is 45.8 Å². The number of nitrogens with one attached hydrogen (secondary N) is 1. The topological polar surface area (TPSA) is 113 Å². The second-order valence-electron chi connectivity index (χ2n) is 8.10. The number of benzene rings is 1. The summed E-state index contributed by atoms with van der Waals surface area (Å²) in [6.45, 7) is 4.48. The zero-order valence-electron chi connectivity index (χ0n) is 18.2. The molecule has 1 aliphatic rings. The molecule has 0 unspecified atom stereocenters. The summed E-state index contributed by atoms with van der Waals surface area (Å²) >= 11 is 1.40. The van der Waals surface area contributed by atoms with Crippen LogP contribution in [0, 0.1) is 0 Å². The van der Waals surface area contributed by atoms with Crippen molar-refractivity contribution in [3.8, 4) is 11.1 Å². The molecule has 0 atom stereocenters. The second kappa shape index (κ2) is 8.80. The van der Waals surface area contributed by atoms with Crippen LogP contribution in [0.2, 0.25) is 0 Å². The number of piperidine rings is 1. The third-order valence-corrected chi connectivity index (χ3v) is 9.12. The molecule has 0 bridgehead atoms. The molecular formula is C23H27N3O4S2. The van der Waals surface area contributed by atoms with E-state index in [1.807, 2.05) is 30.6 Å². The van der Waals surface area contributed by atoms with Crippen molar-refractivity contribution in [1.82, 2.24) is 9.29 Å². The van der Waals surface area contributed by atoms with Crippen molar-refractivity contribution in [1.29, 1.82) is 0 Å². The highest BCUT2D eigenvalue weighted by Crippen LogP contribution is 2.38. The van der Waals surface area contributed by atoms with Crippen LogP contribution < -0.4 is 5.73 Å². The van der Waals surface area contributed by atoms with Crippen LogP contribution in [0.5, 0.6) is 0 Å². The number of H-pyrrole nitrogens is 1. The van der Waals surface area contributed by atoms with Gasteiger partial charge < -0.3 is 10.7 Å². The SMILES string of the molecule is CCC(=O)c1cc(-c2cc(C(N)=O)c3[nH]cc(C4CCN(S(=O)(=O)CC)CC4)c3c2)cs1. The number of carbonyl (C=O) groups excluding carboxylic acids is 2. The molecule has 1 saturated heterocycles. The van der Waals surface area contributed by atoms with Crippen molar-refractivity contribution in [2.24, 2.45) is 5.73 Å². The smallest absolute Gasteiger partial charge is 0.250 e. The molecule has 7 nitrogen and oxygen atoms in total. The number of sulfonamides is 1. The molecule has 0 aliphatic carbocycles. The molecule has 4 rings (SSSR count). The lowest BCUT2D eigenvalue weighted by molar-refractivity contribution is 0.0987. The van der Waals surface area contributed by atoms with Crippen LogP contribution in [0.15, 0.2) is 29.8 Å². The molecule has 170 valence electrons. The summed E-state index contributed by atoms with van der Waals surface area (Å²) in [5, 5.41) is 2.84. The monoisotopic (exact) mass is 473 g/mol. The molecule has 1 aliphatic heterocycles. The first-order chi connectivity index (χ1) is 15.2. The highest BCUT2D eigenvalue weighted by Gasteiger charge is 2.29. The minimum atomic E-state index is -3.19. The molecule has 3 heterocycles. The van der Waals surface area contributed by atoms with Crippen molar-refractivity contribution in [3.63, 3.8) is 0 Å². The van der Waals surface area contributed by atoms with Crippen molar-refractivity contribution in [2.45, 2.75) is 39.0 Å². The molecule has 1 aromatic carbocycles. The number of aromatic amines is 1. The van der Waals surface area contributed by atoms with Gasteiger partial charge in [-0.1, -0.05) is 6.92 Å². The van der Waals surface area contributed by atoms with Crippen LogP contribution >= 0.6 is 11.3 Å². The fourth-order valence-corrected chi connectivity index (χ4v) is 6.45. The van der Waals surface area contributed by atoms with Crippen molar-refractivity contribution < 1.29 is 18.0 Å². The van der Waals surface area contributed by atoms with E-state index in [1.54, 1.807) is 17.3 Å². The second-order valence-corrected chi connectivity index (χ2v) is 11.3. The Labute approximate surface area is 191 Å². The molecule has 3 N–H and O–H groups in total. The lowest BCUT2D eigenvalue weighted by Gasteiger charge is -2.31. The lowest BCUT2D eigenvalue weighted by atomic mass is 9.88. The molecule has 2 aromatic heterocycles. The standard InChI is InChI=1S/C23H27N3O4S2/c1-3-20(27)21-11-16(13-31-21)15-9-17-19(12-25-22(17)18(10-15)23(24)28)14-5-7-26(8-6-14)32(29,30)4-2/h9-14,25H,3-8H2,1-2H3,(H2,24,28). The number of amides is 1. The summed E-state index contributed by atoms with van der Waals surface area (Å²) in [6.07, 6.45) is 3.79. The van der Waals surface area contributed by atoms with Crippen LogP contribution in [0.1, 0.15) is 64.6 Å². The normalized spacial score (nSPS) is 15.9. The summed E-state index contributed by atoms with van der Waals surface area (Å²) in [5.41, 5.74) is 9.58. The predicted molar refractivity (Wildman–Crippen MR) is 128 cm³/mol. The van der Waals surface area contributed by atoms with Gasteiger partial charge in [-0.25, -0.2) is 12.7 Å². The van der Waals surface area contributed by atoms with E-state index in [9.17, 15) is 18.0 Å². The average molecular weight is 474 g/mol. The van der Waals surface area contributed by atoms with Gasteiger partial charge in [-0.15, -0.1) is 11.3 Å². The number of fused-ring (bicyclic) bond motifs is 1. The zero-order chi connectivity index (χ0) is 23.0. The predicted octanol–water partition coefficient (Wildman–Crippen LogP) is 4.12. The summed E-state index contributed by atoms with van der Waals surface area (Å²) in [7, 11) is -3.19. The number of rotatable bonds is 7. The van der Waals surface area contributed by atoms with Crippen LogP contribution in [-0.4, -0.2) is 48.2 Å². The Morgan fingerprint density at radius 1 is 1.16 bits per heavy atom. The Morgan fingerprint density at radius 2 is 1.88 bits per heavy atom. The molecule has 9 heteroatoms. The maximum atomic E-state index is 12.2. The van der Waals surface area contributed by atoms with E-state index < -0.39 is 15.9 Å². The fraction of sp³-hybridized carbons (Fsp3) is 0.391. The van der Waals surface area contributed by atoms with E-state index in [2.05, 4.69) is 4.98 Å². The quantitative estimate of drug-likeness (QED) is 0.503. The van der Waals surface area contributed by atoms with E-state index in [4.69, 9.17) is 5.73 Å². The third kappa shape index (κ3) is 4.12. The minimum Gasteiger partial charge on any atom is -0.366 e. The highest BCUT2D eigenvalue weighted by atomic mass is 32.2. The maximum Gasteiger partial charge on any atom is 0.250 e. The number of hydrogen-bond donors (Lipinski definition) is 2. The van der Waals surface area contributed by atoms with Gasteiger partial charge in [-0.3, -0.25) is 9.59 Å². The van der Waals surface area contributed by atoms with Crippen LogP contribution in [0.4, 0.5) is 0 Å². The van der Waals surface area contributed by atoms with E-state index in [-0.39, 0.29) is 17.5 Å². The molecular weight excluding hydrogens is 446 g/mol. The first-order valence-corrected chi connectivity index (χ1v) is 13.3. The number of carbonyl (C=O) groups is 2. The Balaban J connectivity index is 1.72. The van der Waals surface area contributed by atoms with Gasteiger partial charge in [0, 0.05) is 31.1 Å². The number of hydrogen-bond acceptors (Lipinski definition) is 5. The van der Waals surface area contributed by atoms with E-state index in [0.29, 0.717) is 35.5 Å². The number of primary amides is 1. The Kier molecular flexibility index (Phi) is 6.24. The third-order valence-electron chi connectivity index (χ3n) is 6.27. The molecule has 32 heavy (non-hydrogen) atoms. The van der Waals surface area contributed by atoms with Crippen molar-refractivity contribution in [2.75, 3.05) is 18.8 Å². The number of nitrogens with two attached hydrogens (primary N) is 1.